The maximum atomic E-state index is 12.4. The molecule has 1 aliphatic rings. The summed E-state index contributed by atoms with van der Waals surface area (Å²) in [5, 5.41) is 9.43. The molecule has 1 saturated heterocycles. The van der Waals surface area contributed by atoms with Gasteiger partial charge in [0, 0.05) is 12.0 Å². The van der Waals surface area contributed by atoms with Crippen molar-refractivity contribution in [2.75, 3.05) is 6.54 Å². The van der Waals surface area contributed by atoms with Gasteiger partial charge in [0.2, 0.25) is 5.91 Å². The third kappa shape index (κ3) is 2.17. The Morgan fingerprint density at radius 2 is 1.94 bits per heavy atom. The number of amides is 1. The fourth-order valence-electron chi connectivity index (χ4n) is 2.43. The monoisotopic (exact) mass is 241 g/mol. The van der Waals surface area contributed by atoms with Gasteiger partial charge in [-0.3, -0.25) is 4.79 Å². The van der Waals surface area contributed by atoms with Gasteiger partial charge in [-0.1, -0.05) is 27.7 Å². The fourth-order valence-corrected chi connectivity index (χ4v) is 2.43. The van der Waals surface area contributed by atoms with Gasteiger partial charge in [-0.25, -0.2) is 4.79 Å². The van der Waals surface area contributed by atoms with Gasteiger partial charge in [-0.2, -0.15) is 0 Å². The van der Waals surface area contributed by atoms with Crippen molar-refractivity contribution < 1.29 is 14.7 Å². The average molecular weight is 241 g/mol. The molecular weight excluding hydrogens is 218 g/mol. The molecule has 1 atom stereocenters. The minimum Gasteiger partial charge on any atom is -0.479 e. The summed E-state index contributed by atoms with van der Waals surface area (Å²) in [5.74, 6) is -0.889. The Morgan fingerprint density at radius 3 is 2.35 bits per heavy atom. The van der Waals surface area contributed by atoms with E-state index in [2.05, 4.69) is 0 Å². The third-order valence-electron chi connectivity index (χ3n) is 4.18. The lowest BCUT2D eigenvalue weighted by molar-refractivity contribution is -0.160. The summed E-state index contributed by atoms with van der Waals surface area (Å²) in [6.07, 6.45) is 2.56. The minimum absolute atomic E-state index is 0.0262. The lowest BCUT2D eigenvalue weighted by atomic mass is 9.85. The van der Waals surface area contributed by atoms with E-state index < -0.39 is 16.9 Å². The number of likely N-dealkylation sites (tertiary alicyclic amines) is 1. The molecule has 1 unspecified atom stereocenters. The molecule has 1 N–H and O–H groups in total. The Hall–Kier alpha value is -1.06. The van der Waals surface area contributed by atoms with E-state index in [1.165, 1.54) is 0 Å². The minimum atomic E-state index is -0.969. The first-order chi connectivity index (χ1) is 7.81. The average Bonchev–Trinajstić information content (AvgIpc) is 2.72. The summed E-state index contributed by atoms with van der Waals surface area (Å²) in [6, 6.07) is 0. The van der Waals surface area contributed by atoms with Gasteiger partial charge < -0.3 is 10.0 Å². The first kappa shape index (κ1) is 14.0. The topological polar surface area (TPSA) is 57.6 Å². The number of carbonyl (C=O) groups is 2. The van der Waals surface area contributed by atoms with E-state index >= 15 is 0 Å². The predicted molar refractivity (Wildman–Crippen MR) is 65.7 cm³/mol. The summed E-state index contributed by atoms with van der Waals surface area (Å²) in [4.78, 5) is 25.5. The molecule has 0 bridgehead atoms. The second-order valence-corrected chi connectivity index (χ2v) is 5.49. The molecule has 17 heavy (non-hydrogen) atoms. The molecule has 1 heterocycles. The molecule has 0 aromatic carbocycles. The van der Waals surface area contributed by atoms with Crippen molar-refractivity contribution in [3.05, 3.63) is 0 Å². The van der Waals surface area contributed by atoms with Crippen LogP contribution < -0.4 is 0 Å². The molecule has 98 valence electrons. The van der Waals surface area contributed by atoms with E-state index in [0.29, 0.717) is 19.4 Å². The molecule has 0 aromatic heterocycles. The van der Waals surface area contributed by atoms with Crippen LogP contribution in [-0.2, 0) is 9.59 Å². The van der Waals surface area contributed by atoms with Crippen LogP contribution in [0.15, 0.2) is 0 Å². The smallest absolute Gasteiger partial charge is 0.329 e. The van der Waals surface area contributed by atoms with E-state index in [-0.39, 0.29) is 5.91 Å². The van der Waals surface area contributed by atoms with Crippen LogP contribution in [0.4, 0.5) is 0 Å². The van der Waals surface area contributed by atoms with Crippen LogP contribution in [0.1, 0.15) is 53.4 Å². The highest BCUT2D eigenvalue weighted by Gasteiger charge is 2.50. The first-order valence-corrected chi connectivity index (χ1v) is 6.37. The largest absolute Gasteiger partial charge is 0.479 e. The lowest BCUT2D eigenvalue weighted by Crippen LogP contribution is -2.55. The first-order valence-electron chi connectivity index (χ1n) is 6.37. The predicted octanol–water partition coefficient (Wildman–Crippen LogP) is 2.28. The molecule has 1 amide bonds. The summed E-state index contributed by atoms with van der Waals surface area (Å²) >= 11 is 0. The number of carbonyl (C=O) groups excluding carboxylic acids is 1. The van der Waals surface area contributed by atoms with Gasteiger partial charge in [-0.05, 0) is 25.7 Å². The maximum absolute atomic E-state index is 12.4. The Labute approximate surface area is 103 Å². The summed E-state index contributed by atoms with van der Waals surface area (Å²) in [5.41, 5.74) is -1.44. The van der Waals surface area contributed by atoms with Gasteiger partial charge >= 0.3 is 5.97 Å². The molecule has 1 aliphatic heterocycles. The van der Waals surface area contributed by atoms with E-state index in [4.69, 9.17) is 0 Å². The Kier molecular flexibility index (Phi) is 3.84. The highest BCUT2D eigenvalue weighted by Crippen LogP contribution is 2.37. The van der Waals surface area contributed by atoms with Gasteiger partial charge in [0.15, 0.2) is 0 Å². The molecule has 0 aliphatic carbocycles. The number of carboxylic acid groups (broad SMARTS) is 1. The van der Waals surface area contributed by atoms with Crippen molar-refractivity contribution in [1.29, 1.82) is 0 Å². The second kappa shape index (κ2) is 4.67. The van der Waals surface area contributed by atoms with E-state index in [1.807, 2.05) is 27.7 Å². The van der Waals surface area contributed by atoms with Crippen molar-refractivity contribution in [3.8, 4) is 0 Å². The van der Waals surface area contributed by atoms with Crippen molar-refractivity contribution in [2.45, 2.75) is 58.9 Å². The van der Waals surface area contributed by atoms with Crippen LogP contribution >= 0.6 is 0 Å². The quantitative estimate of drug-likeness (QED) is 0.821. The molecule has 0 aromatic rings. The van der Waals surface area contributed by atoms with E-state index in [1.54, 1.807) is 4.90 Å². The van der Waals surface area contributed by atoms with Crippen molar-refractivity contribution in [2.24, 2.45) is 5.41 Å². The normalized spacial score (nSPS) is 25.1. The Balaban J connectivity index is 3.05. The van der Waals surface area contributed by atoms with Crippen LogP contribution in [0.3, 0.4) is 0 Å². The number of carboxylic acids is 1. The zero-order valence-corrected chi connectivity index (χ0v) is 11.2. The van der Waals surface area contributed by atoms with Crippen LogP contribution in [0.2, 0.25) is 0 Å². The highest BCUT2D eigenvalue weighted by molar-refractivity contribution is 5.90. The van der Waals surface area contributed by atoms with Gasteiger partial charge in [0.05, 0.1) is 0 Å². The van der Waals surface area contributed by atoms with Gasteiger partial charge in [0.25, 0.3) is 0 Å². The fraction of sp³-hybridized carbons (Fsp3) is 0.846. The molecule has 4 heteroatoms. The second-order valence-electron chi connectivity index (χ2n) is 5.49. The molecular formula is C13H23NO3. The molecule has 1 fully saturated rings. The van der Waals surface area contributed by atoms with Crippen LogP contribution in [0.25, 0.3) is 0 Å². The van der Waals surface area contributed by atoms with Crippen LogP contribution in [0.5, 0.6) is 0 Å². The Bertz CT molecular complexity index is 325. The molecule has 1 rings (SSSR count). The maximum Gasteiger partial charge on any atom is 0.329 e. The molecule has 0 radical (unpaired) electrons. The van der Waals surface area contributed by atoms with Gasteiger partial charge in [0.1, 0.15) is 5.54 Å². The van der Waals surface area contributed by atoms with Crippen LogP contribution in [-0.4, -0.2) is 34.0 Å². The van der Waals surface area contributed by atoms with Crippen molar-refractivity contribution in [1.82, 2.24) is 4.90 Å². The zero-order chi connectivity index (χ0) is 13.3. The summed E-state index contributed by atoms with van der Waals surface area (Å²) in [6.45, 7) is 8.15. The molecule has 0 saturated carbocycles. The van der Waals surface area contributed by atoms with E-state index in [0.717, 1.165) is 12.8 Å². The molecule has 0 spiro atoms. The SMILES string of the molecule is CCC(C)(C)C(=O)N1CCCC1(CC)C(=O)O. The van der Waals surface area contributed by atoms with Crippen molar-refractivity contribution in [3.63, 3.8) is 0 Å². The van der Waals surface area contributed by atoms with Crippen LogP contribution in [0, 0.1) is 5.41 Å². The van der Waals surface area contributed by atoms with E-state index in [9.17, 15) is 14.7 Å². The number of rotatable bonds is 4. The number of hydrogen-bond acceptors (Lipinski definition) is 2. The zero-order valence-electron chi connectivity index (χ0n) is 11.2. The van der Waals surface area contributed by atoms with Crippen molar-refractivity contribution >= 4 is 11.9 Å². The number of aliphatic carboxylic acids is 1. The highest BCUT2D eigenvalue weighted by atomic mass is 16.4. The Morgan fingerprint density at radius 1 is 1.35 bits per heavy atom. The third-order valence-corrected chi connectivity index (χ3v) is 4.18. The number of nitrogens with zero attached hydrogens (tertiary/aromatic N) is 1. The molecule has 4 nitrogen and oxygen atoms in total. The lowest BCUT2D eigenvalue weighted by Gasteiger charge is -2.38. The summed E-state index contributed by atoms with van der Waals surface area (Å²) < 4.78 is 0. The van der Waals surface area contributed by atoms with Gasteiger partial charge in [-0.15, -0.1) is 0 Å². The number of hydrogen-bond donors (Lipinski definition) is 1. The standard InChI is InChI=1S/C13H23NO3/c1-5-12(3,4)10(15)14-9-7-8-13(14,6-2)11(16)17/h5-9H2,1-4H3,(H,16,17). The summed E-state index contributed by atoms with van der Waals surface area (Å²) in [7, 11) is 0.